The molecule has 2 saturated heterocycles. The van der Waals surface area contributed by atoms with Gasteiger partial charge in [-0.2, -0.15) is 11.8 Å². The van der Waals surface area contributed by atoms with Gasteiger partial charge in [-0.05, 0) is 42.7 Å². The number of hydrogen-bond acceptors (Lipinski definition) is 5. The summed E-state index contributed by atoms with van der Waals surface area (Å²) in [5.41, 5.74) is 2.09. The lowest BCUT2D eigenvalue weighted by molar-refractivity contribution is 0.0701. The number of nitrogens with zero attached hydrogens (tertiary/aromatic N) is 2. The van der Waals surface area contributed by atoms with E-state index in [1.54, 1.807) is 16.7 Å². The van der Waals surface area contributed by atoms with Gasteiger partial charge in [0.25, 0.3) is 5.91 Å². The van der Waals surface area contributed by atoms with Crippen LogP contribution in [0.2, 0.25) is 0 Å². The van der Waals surface area contributed by atoms with Gasteiger partial charge in [-0.1, -0.05) is 12.1 Å². The standard InChI is InChI=1S/C22H23FN2O3S/c23-19-12-16(10-17(13-26)21(19)27)22(28)25-8-9-29-14-20(25)15-4-3-5-18(11-15)24-6-1-2-7-24/h3-5,10-13,20,27H,1-2,6-9,14H2. The molecule has 5 nitrogen and oxygen atoms in total. The normalized spacial score (nSPS) is 19.4. The lowest BCUT2D eigenvalue weighted by Gasteiger charge is -2.36. The third-order valence-electron chi connectivity index (χ3n) is 5.58. The zero-order chi connectivity index (χ0) is 20.4. The Bertz CT molecular complexity index is 930. The molecule has 2 heterocycles. The molecule has 29 heavy (non-hydrogen) atoms. The Morgan fingerprint density at radius 2 is 1.97 bits per heavy atom. The fraction of sp³-hybridized carbons (Fsp3) is 0.364. The molecule has 0 aromatic heterocycles. The van der Waals surface area contributed by atoms with Gasteiger partial charge < -0.3 is 14.9 Å². The molecule has 0 bridgehead atoms. The molecule has 2 fully saturated rings. The summed E-state index contributed by atoms with van der Waals surface area (Å²) in [6, 6.07) is 10.4. The summed E-state index contributed by atoms with van der Waals surface area (Å²) >= 11 is 1.79. The maximum Gasteiger partial charge on any atom is 0.254 e. The molecule has 7 heteroatoms. The van der Waals surface area contributed by atoms with Crippen LogP contribution in [0, 0.1) is 5.82 Å². The molecule has 152 valence electrons. The largest absolute Gasteiger partial charge is 0.504 e. The Hall–Kier alpha value is -2.54. The van der Waals surface area contributed by atoms with Gasteiger partial charge in [0, 0.05) is 42.4 Å². The van der Waals surface area contributed by atoms with Crippen molar-refractivity contribution in [2.75, 3.05) is 36.0 Å². The molecular formula is C22H23FN2O3S. The molecule has 4 rings (SSSR count). The molecule has 0 radical (unpaired) electrons. The first-order valence-electron chi connectivity index (χ1n) is 9.80. The van der Waals surface area contributed by atoms with Gasteiger partial charge in [0.1, 0.15) is 0 Å². The first-order valence-corrected chi connectivity index (χ1v) is 11.0. The van der Waals surface area contributed by atoms with E-state index in [9.17, 15) is 19.1 Å². The number of anilines is 1. The van der Waals surface area contributed by atoms with E-state index in [1.165, 1.54) is 24.6 Å². The minimum Gasteiger partial charge on any atom is -0.504 e. The summed E-state index contributed by atoms with van der Waals surface area (Å²) < 4.78 is 14.0. The summed E-state index contributed by atoms with van der Waals surface area (Å²) in [6.45, 7) is 2.64. The lowest BCUT2D eigenvalue weighted by atomic mass is 10.0. The van der Waals surface area contributed by atoms with Crippen LogP contribution in [0.4, 0.5) is 10.1 Å². The Kier molecular flexibility index (Phi) is 5.76. The number of amides is 1. The van der Waals surface area contributed by atoms with E-state index in [0.29, 0.717) is 12.8 Å². The average molecular weight is 415 g/mol. The van der Waals surface area contributed by atoms with Crippen LogP contribution in [0.5, 0.6) is 5.75 Å². The van der Waals surface area contributed by atoms with Crippen molar-refractivity contribution in [3.8, 4) is 5.75 Å². The van der Waals surface area contributed by atoms with Gasteiger partial charge in [0.05, 0.1) is 11.6 Å². The Labute approximate surface area is 173 Å². The van der Waals surface area contributed by atoms with Crippen molar-refractivity contribution < 1.29 is 19.1 Å². The van der Waals surface area contributed by atoms with E-state index in [-0.39, 0.29) is 23.1 Å². The van der Waals surface area contributed by atoms with Crippen LogP contribution < -0.4 is 4.90 Å². The van der Waals surface area contributed by atoms with Crippen molar-refractivity contribution in [2.45, 2.75) is 18.9 Å². The number of halogens is 1. The van der Waals surface area contributed by atoms with E-state index < -0.39 is 11.6 Å². The Morgan fingerprint density at radius 3 is 2.72 bits per heavy atom. The highest BCUT2D eigenvalue weighted by molar-refractivity contribution is 7.99. The molecule has 1 atom stereocenters. The molecule has 1 N–H and O–H groups in total. The SMILES string of the molecule is O=Cc1cc(C(=O)N2CCSCC2c2cccc(N3CCCC3)c2)cc(F)c1O. The van der Waals surface area contributed by atoms with E-state index in [4.69, 9.17) is 0 Å². The second-order valence-electron chi connectivity index (χ2n) is 7.39. The maximum atomic E-state index is 14.0. The zero-order valence-corrected chi connectivity index (χ0v) is 16.8. The van der Waals surface area contributed by atoms with Gasteiger partial charge in [0.15, 0.2) is 17.9 Å². The van der Waals surface area contributed by atoms with Crippen molar-refractivity contribution in [1.82, 2.24) is 4.90 Å². The van der Waals surface area contributed by atoms with Crippen LogP contribution in [0.1, 0.15) is 45.2 Å². The van der Waals surface area contributed by atoms with E-state index in [2.05, 4.69) is 17.0 Å². The fourth-order valence-corrected chi connectivity index (χ4v) is 5.11. The number of carbonyl (C=O) groups is 2. The molecule has 2 aliphatic rings. The predicted octanol–water partition coefficient (Wildman–Crippen LogP) is 3.87. The number of hydrogen-bond donors (Lipinski definition) is 1. The smallest absolute Gasteiger partial charge is 0.254 e. The number of phenolic OH excluding ortho intramolecular Hbond substituents is 1. The third-order valence-corrected chi connectivity index (χ3v) is 6.61. The quantitative estimate of drug-likeness (QED) is 0.770. The first-order chi connectivity index (χ1) is 14.1. The summed E-state index contributed by atoms with van der Waals surface area (Å²) in [4.78, 5) is 28.4. The summed E-state index contributed by atoms with van der Waals surface area (Å²) in [5.74, 6) is -0.452. The minimum absolute atomic E-state index is 0.0787. The number of thioether (sulfide) groups is 1. The van der Waals surface area contributed by atoms with Crippen LogP contribution in [-0.4, -0.2) is 53.3 Å². The molecular weight excluding hydrogens is 391 g/mol. The van der Waals surface area contributed by atoms with Crippen LogP contribution >= 0.6 is 11.8 Å². The predicted molar refractivity (Wildman–Crippen MR) is 112 cm³/mol. The molecule has 2 aromatic rings. The molecule has 0 saturated carbocycles. The second-order valence-corrected chi connectivity index (χ2v) is 8.54. The molecule has 2 aliphatic heterocycles. The number of benzene rings is 2. The molecule has 0 spiro atoms. The Balaban J connectivity index is 1.64. The second kappa shape index (κ2) is 8.45. The highest BCUT2D eigenvalue weighted by Crippen LogP contribution is 2.34. The van der Waals surface area contributed by atoms with Crippen LogP contribution in [-0.2, 0) is 0 Å². The molecule has 2 aromatic carbocycles. The zero-order valence-electron chi connectivity index (χ0n) is 16.0. The highest BCUT2D eigenvalue weighted by Gasteiger charge is 2.30. The van der Waals surface area contributed by atoms with Crippen LogP contribution in [0.3, 0.4) is 0 Å². The number of phenols is 1. The van der Waals surface area contributed by atoms with Crippen molar-refractivity contribution in [3.63, 3.8) is 0 Å². The van der Waals surface area contributed by atoms with Gasteiger partial charge in [-0.3, -0.25) is 9.59 Å². The number of aromatic hydroxyl groups is 1. The van der Waals surface area contributed by atoms with Gasteiger partial charge in [0.2, 0.25) is 0 Å². The first kappa shape index (κ1) is 19.8. The van der Waals surface area contributed by atoms with E-state index in [0.717, 1.165) is 36.2 Å². The summed E-state index contributed by atoms with van der Waals surface area (Å²) in [5, 5.41) is 9.64. The maximum absolute atomic E-state index is 14.0. The molecule has 1 unspecified atom stereocenters. The monoisotopic (exact) mass is 414 g/mol. The minimum atomic E-state index is -0.961. The fourth-order valence-electron chi connectivity index (χ4n) is 4.03. The average Bonchev–Trinajstić information content (AvgIpc) is 3.30. The van der Waals surface area contributed by atoms with Gasteiger partial charge in [-0.25, -0.2) is 4.39 Å². The number of carbonyl (C=O) groups excluding carboxylic acids is 2. The van der Waals surface area contributed by atoms with Crippen molar-refractivity contribution >= 4 is 29.6 Å². The molecule has 0 aliphatic carbocycles. The van der Waals surface area contributed by atoms with E-state index in [1.807, 2.05) is 12.1 Å². The summed E-state index contributed by atoms with van der Waals surface area (Å²) in [7, 11) is 0. The van der Waals surface area contributed by atoms with Crippen molar-refractivity contribution in [2.24, 2.45) is 0 Å². The van der Waals surface area contributed by atoms with Gasteiger partial charge in [-0.15, -0.1) is 0 Å². The number of aldehydes is 1. The van der Waals surface area contributed by atoms with Gasteiger partial charge >= 0.3 is 0 Å². The number of rotatable bonds is 4. The highest BCUT2D eigenvalue weighted by atomic mass is 32.2. The lowest BCUT2D eigenvalue weighted by Crippen LogP contribution is -2.41. The van der Waals surface area contributed by atoms with Crippen molar-refractivity contribution in [1.29, 1.82) is 0 Å². The van der Waals surface area contributed by atoms with Crippen LogP contribution in [0.25, 0.3) is 0 Å². The van der Waals surface area contributed by atoms with E-state index >= 15 is 0 Å². The molecule has 1 amide bonds. The Morgan fingerprint density at radius 1 is 1.17 bits per heavy atom. The summed E-state index contributed by atoms with van der Waals surface area (Å²) in [6.07, 6.45) is 2.75. The van der Waals surface area contributed by atoms with Crippen molar-refractivity contribution in [3.05, 3.63) is 58.9 Å². The third kappa shape index (κ3) is 3.96. The topological polar surface area (TPSA) is 60.9 Å². The van der Waals surface area contributed by atoms with Crippen LogP contribution in [0.15, 0.2) is 36.4 Å².